The second-order valence-electron chi connectivity index (χ2n) is 4.85. The maximum Gasteiger partial charge on any atom is 0.135 e. The number of anilines is 2. The lowest BCUT2D eigenvalue weighted by Gasteiger charge is -2.18. The molecule has 0 radical (unpaired) electrons. The van der Waals surface area contributed by atoms with E-state index >= 15 is 0 Å². The molecule has 0 aliphatic heterocycles. The van der Waals surface area contributed by atoms with Crippen molar-refractivity contribution < 1.29 is 10.2 Å². The average Bonchev–Trinajstić information content (AvgIpc) is 2.46. The lowest BCUT2D eigenvalue weighted by atomic mass is 10.2. The molecular formula is C14H26N4O2. The van der Waals surface area contributed by atoms with E-state index in [1.54, 1.807) is 0 Å². The standard InChI is InChI=1S/C14H26N4O2/c1-4-6-12-17-13(15-7-5-2)10(3)14(18-12)16-11(8-19)9-20/h11,19-20H,4-9H2,1-3H3,(H2,15,16,17,18). The van der Waals surface area contributed by atoms with Crippen LogP contribution >= 0.6 is 0 Å². The van der Waals surface area contributed by atoms with E-state index in [4.69, 9.17) is 0 Å². The van der Waals surface area contributed by atoms with Crippen LogP contribution in [0.3, 0.4) is 0 Å². The van der Waals surface area contributed by atoms with E-state index in [1.807, 2.05) is 6.92 Å². The van der Waals surface area contributed by atoms with Crippen molar-refractivity contribution in [2.45, 2.75) is 46.1 Å². The SMILES string of the molecule is CCCNc1nc(CCC)nc(NC(CO)CO)c1C. The molecule has 0 aliphatic carbocycles. The van der Waals surface area contributed by atoms with Gasteiger partial charge in [-0.3, -0.25) is 0 Å². The van der Waals surface area contributed by atoms with E-state index in [9.17, 15) is 10.2 Å². The van der Waals surface area contributed by atoms with E-state index in [0.717, 1.165) is 43.0 Å². The molecule has 6 nitrogen and oxygen atoms in total. The van der Waals surface area contributed by atoms with E-state index < -0.39 is 6.04 Å². The fourth-order valence-electron chi connectivity index (χ4n) is 1.80. The van der Waals surface area contributed by atoms with Gasteiger partial charge in [-0.25, -0.2) is 9.97 Å². The summed E-state index contributed by atoms with van der Waals surface area (Å²) in [6.07, 6.45) is 2.79. The lowest BCUT2D eigenvalue weighted by molar-refractivity contribution is 0.203. The number of aliphatic hydroxyl groups is 2. The highest BCUT2D eigenvalue weighted by Gasteiger charge is 2.13. The van der Waals surface area contributed by atoms with Crippen molar-refractivity contribution in [2.75, 3.05) is 30.4 Å². The zero-order valence-electron chi connectivity index (χ0n) is 12.6. The minimum absolute atomic E-state index is 0.138. The van der Waals surface area contributed by atoms with Crippen LogP contribution in [0.4, 0.5) is 11.6 Å². The highest BCUT2D eigenvalue weighted by atomic mass is 16.3. The quantitative estimate of drug-likeness (QED) is 0.546. The van der Waals surface area contributed by atoms with Crippen molar-refractivity contribution in [1.29, 1.82) is 0 Å². The molecule has 0 spiro atoms. The van der Waals surface area contributed by atoms with E-state index in [-0.39, 0.29) is 13.2 Å². The number of aliphatic hydroxyl groups excluding tert-OH is 2. The Morgan fingerprint density at radius 3 is 2.25 bits per heavy atom. The largest absolute Gasteiger partial charge is 0.394 e. The number of aromatic nitrogens is 2. The van der Waals surface area contributed by atoms with Crippen molar-refractivity contribution in [2.24, 2.45) is 0 Å². The van der Waals surface area contributed by atoms with Crippen LogP contribution in [0.15, 0.2) is 0 Å². The molecule has 4 N–H and O–H groups in total. The summed E-state index contributed by atoms with van der Waals surface area (Å²) in [4.78, 5) is 9.01. The van der Waals surface area contributed by atoms with Crippen molar-refractivity contribution in [3.8, 4) is 0 Å². The molecule has 1 aromatic heterocycles. The van der Waals surface area contributed by atoms with Gasteiger partial charge in [-0.1, -0.05) is 13.8 Å². The third-order valence-corrected chi connectivity index (χ3v) is 2.99. The fourth-order valence-corrected chi connectivity index (χ4v) is 1.80. The molecule has 0 saturated heterocycles. The minimum Gasteiger partial charge on any atom is -0.394 e. The van der Waals surface area contributed by atoms with Crippen LogP contribution in [0.5, 0.6) is 0 Å². The smallest absolute Gasteiger partial charge is 0.135 e. The molecule has 0 bridgehead atoms. The fraction of sp³-hybridized carbons (Fsp3) is 0.714. The summed E-state index contributed by atoms with van der Waals surface area (Å²) in [6, 6.07) is -0.405. The molecule has 0 aliphatic rings. The zero-order valence-corrected chi connectivity index (χ0v) is 12.6. The Hall–Kier alpha value is -1.40. The minimum atomic E-state index is -0.405. The number of hydrogen-bond acceptors (Lipinski definition) is 6. The molecule has 20 heavy (non-hydrogen) atoms. The Morgan fingerprint density at radius 1 is 1.05 bits per heavy atom. The van der Waals surface area contributed by atoms with Crippen molar-refractivity contribution in [3.63, 3.8) is 0 Å². The molecule has 1 heterocycles. The van der Waals surface area contributed by atoms with Gasteiger partial charge in [-0.15, -0.1) is 0 Å². The highest BCUT2D eigenvalue weighted by Crippen LogP contribution is 2.21. The number of rotatable bonds is 9. The summed E-state index contributed by atoms with van der Waals surface area (Å²) in [5.41, 5.74) is 0.908. The summed E-state index contributed by atoms with van der Waals surface area (Å²) in [5.74, 6) is 2.27. The van der Waals surface area contributed by atoms with E-state index in [0.29, 0.717) is 5.82 Å². The first-order valence-corrected chi connectivity index (χ1v) is 7.25. The van der Waals surface area contributed by atoms with Gasteiger partial charge in [0.2, 0.25) is 0 Å². The Kier molecular flexibility index (Phi) is 7.25. The Morgan fingerprint density at radius 2 is 1.70 bits per heavy atom. The number of nitrogens with zero attached hydrogens (tertiary/aromatic N) is 2. The van der Waals surface area contributed by atoms with Gasteiger partial charge in [0.25, 0.3) is 0 Å². The highest BCUT2D eigenvalue weighted by molar-refractivity contribution is 5.57. The van der Waals surface area contributed by atoms with Crippen LogP contribution in [0.25, 0.3) is 0 Å². The Balaban J connectivity index is 3.02. The predicted octanol–water partition coefficient (Wildman–Crippen LogP) is 1.32. The van der Waals surface area contributed by atoms with Gasteiger partial charge in [0, 0.05) is 18.5 Å². The van der Waals surface area contributed by atoms with Gasteiger partial charge in [0.05, 0.1) is 19.3 Å². The number of aryl methyl sites for hydroxylation is 1. The summed E-state index contributed by atoms with van der Waals surface area (Å²) in [5, 5.41) is 24.7. The van der Waals surface area contributed by atoms with E-state index in [2.05, 4.69) is 34.4 Å². The number of nitrogens with one attached hydrogen (secondary N) is 2. The average molecular weight is 282 g/mol. The van der Waals surface area contributed by atoms with Gasteiger partial charge < -0.3 is 20.8 Å². The van der Waals surface area contributed by atoms with E-state index in [1.165, 1.54) is 0 Å². The van der Waals surface area contributed by atoms with Gasteiger partial charge in [-0.05, 0) is 19.8 Å². The van der Waals surface area contributed by atoms with Crippen molar-refractivity contribution in [1.82, 2.24) is 9.97 Å². The van der Waals surface area contributed by atoms with Crippen molar-refractivity contribution in [3.05, 3.63) is 11.4 Å². The summed E-state index contributed by atoms with van der Waals surface area (Å²) in [7, 11) is 0. The predicted molar refractivity (Wildman–Crippen MR) is 81.1 cm³/mol. The van der Waals surface area contributed by atoms with Crippen LogP contribution in [-0.4, -0.2) is 46.0 Å². The molecule has 0 unspecified atom stereocenters. The van der Waals surface area contributed by atoms with Gasteiger partial charge >= 0.3 is 0 Å². The first kappa shape index (κ1) is 16.7. The maximum atomic E-state index is 9.18. The molecule has 0 amide bonds. The third kappa shape index (κ3) is 4.61. The molecule has 114 valence electrons. The maximum absolute atomic E-state index is 9.18. The summed E-state index contributed by atoms with van der Waals surface area (Å²) >= 11 is 0. The third-order valence-electron chi connectivity index (χ3n) is 2.99. The van der Waals surface area contributed by atoms with Gasteiger partial charge in [-0.2, -0.15) is 0 Å². The topological polar surface area (TPSA) is 90.3 Å². The number of hydrogen-bond donors (Lipinski definition) is 4. The molecule has 1 rings (SSSR count). The molecule has 6 heteroatoms. The zero-order chi connectivity index (χ0) is 15.0. The van der Waals surface area contributed by atoms with Crippen LogP contribution in [-0.2, 0) is 6.42 Å². The van der Waals surface area contributed by atoms with Gasteiger partial charge in [0.1, 0.15) is 17.5 Å². The summed E-state index contributed by atoms with van der Waals surface area (Å²) < 4.78 is 0. The molecule has 0 atom stereocenters. The second kappa shape index (κ2) is 8.71. The van der Waals surface area contributed by atoms with Crippen LogP contribution < -0.4 is 10.6 Å². The molecule has 1 aromatic rings. The second-order valence-corrected chi connectivity index (χ2v) is 4.85. The normalized spacial score (nSPS) is 10.9. The molecule has 0 fully saturated rings. The van der Waals surface area contributed by atoms with Crippen LogP contribution in [0, 0.1) is 6.92 Å². The summed E-state index contributed by atoms with van der Waals surface area (Å²) in [6.45, 7) is 6.69. The first-order valence-electron chi connectivity index (χ1n) is 7.25. The molecule has 0 aromatic carbocycles. The molecule has 0 saturated carbocycles. The monoisotopic (exact) mass is 282 g/mol. The van der Waals surface area contributed by atoms with Crippen LogP contribution in [0.1, 0.15) is 38.1 Å². The molecular weight excluding hydrogens is 256 g/mol. The van der Waals surface area contributed by atoms with Crippen molar-refractivity contribution >= 4 is 11.6 Å². The lowest BCUT2D eigenvalue weighted by Crippen LogP contribution is -2.29. The van der Waals surface area contributed by atoms with Gasteiger partial charge in [0.15, 0.2) is 0 Å². The van der Waals surface area contributed by atoms with Crippen LogP contribution in [0.2, 0.25) is 0 Å². The Labute approximate surface area is 120 Å². The Bertz CT molecular complexity index is 408. The first-order chi connectivity index (χ1) is 9.65.